The third-order valence-electron chi connectivity index (χ3n) is 2.12. The quantitative estimate of drug-likeness (QED) is 0.512. The molecule has 0 amide bonds. The Hall–Kier alpha value is -2.04. The lowest BCUT2D eigenvalue weighted by Gasteiger charge is -2.21. The van der Waals surface area contributed by atoms with E-state index < -0.39 is 0 Å². The van der Waals surface area contributed by atoms with Crippen molar-refractivity contribution in [1.29, 1.82) is 5.41 Å². The van der Waals surface area contributed by atoms with E-state index in [2.05, 4.69) is 4.99 Å². The molecule has 0 aliphatic rings. The molecule has 0 saturated carbocycles. The second-order valence-corrected chi connectivity index (χ2v) is 3.44. The van der Waals surface area contributed by atoms with Gasteiger partial charge in [-0.3, -0.25) is 5.41 Å². The van der Waals surface area contributed by atoms with Crippen molar-refractivity contribution < 1.29 is 0 Å². The number of anilines is 1. The van der Waals surface area contributed by atoms with E-state index in [0.29, 0.717) is 6.54 Å². The van der Waals surface area contributed by atoms with Gasteiger partial charge in [-0.15, -0.1) is 0 Å². The summed E-state index contributed by atoms with van der Waals surface area (Å²) in [5.41, 5.74) is 12.6. The van der Waals surface area contributed by atoms with E-state index in [1.165, 1.54) is 0 Å². The molecule has 0 bridgehead atoms. The number of benzene rings is 1. The van der Waals surface area contributed by atoms with Crippen LogP contribution in [0.3, 0.4) is 0 Å². The predicted octanol–water partition coefficient (Wildman–Crippen LogP) is 1.03. The highest BCUT2D eigenvalue weighted by Crippen LogP contribution is 2.16. The summed E-state index contributed by atoms with van der Waals surface area (Å²) in [5.74, 6) is -0.0517. The Morgan fingerprint density at radius 1 is 1.44 bits per heavy atom. The largest absolute Gasteiger partial charge is 0.370 e. The number of aliphatic imine (C=N–C) groups is 1. The van der Waals surface area contributed by atoms with Crippen LogP contribution < -0.4 is 16.4 Å². The van der Waals surface area contributed by atoms with Crippen molar-refractivity contribution in [3.63, 3.8) is 0 Å². The zero-order valence-corrected chi connectivity index (χ0v) is 9.57. The maximum absolute atomic E-state index is 7.76. The van der Waals surface area contributed by atoms with Crippen LogP contribution in [0, 0.1) is 12.3 Å². The van der Waals surface area contributed by atoms with Crippen LogP contribution in [0.15, 0.2) is 29.3 Å². The fourth-order valence-corrected chi connectivity index (χ4v) is 1.43. The smallest absolute Gasteiger partial charge is 0.225 e. The first-order chi connectivity index (χ1) is 7.54. The zero-order valence-electron chi connectivity index (χ0n) is 9.57. The maximum atomic E-state index is 7.76. The molecule has 0 spiro atoms. The summed E-state index contributed by atoms with van der Waals surface area (Å²) in [4.78, 5) is 5.46. The number of nitrogens with zero attached hydrogens (tertiary/aromatic N) is 2. The van der Waals surface area contributed by atoms with Crippen LogP contribution in [-0.2, 0) is 0 Å². The molecule has 5 nitrogen and oxygen atoms in total. The highest BCUT2D eigenvalue weighted by Gasteiger charge is 2.09. The molecule has 0 unspecified atom stereocenters. The predicted molar refractivity (Wildman–Crippen MR) is 67.7 cm³/mol. The van der Waals surface area contributed by atoms with Crippen molar-refractivity contribution in [3.05, 3.63) is 29.8 Å². The number of nitrogens with one attached hydrogen (secondary N) is 1. The summed E-state index contributed by atoms with van der Waals surface area (Å²) in [7, 11) is 0. The normalized spacial score (nSPS) is 9.62. The van der Waals surface area contributed by atoms with E-state index in [0.717, 1.165) is 11.3 Å². The first-order valence-corrected chi connectivity index (χ1v) is 5.07. The highest BCUT2D eigenvalue weighted by atomic mass is 15.3. The molecule has 5 N–H and O–H groups in total. The van der Waals surface area contributed by atoms with Gasteiger partial charge in [0.15, 0.2) is 5.96 Å². The molecule has 0 fully saturated rings. The minimum absolute atomic E-state index is 0.0492. The fourth-order valence-electron chi connectivity index (χ4n) is 1.43. The molecule has 1 aromatic rings. The Morgan fingerprint density at radius 2 is 2.12 bits per heavy atom. The second-order valence-electron chi connectivity index (χ2n) is 3.44. The molecule has 0 aliphatic heterocycles. The number of rotatable bonds is 2. The molecule has 0 saturated heterocycles. The minimum atomic E-state index is -0.101. The van der Waals surface area contributed by atoms with Gasteiger partial charge in [-0.25, -0.2) is 0 Å². The average Bonchev–Trinajstić information content (AvgIpc) is 2.17. The van der Waals surface area contributed by atoms with Crippen molar-refractivity contribution in [2.45, 2.75) is 13.8 Å². The van der Waals surface area contributed by atoms with E-state index in [9.17, 15) is 0 Å². The van der Waals surface area contributed by atoms with Crippen LogP contribution in [-0.4, -0.2) is 18.5 Å². The third kappa shape index (κ3) is 2.98. The monoisotopic (exact) mass is 219 g/mol. The molecule has 0 atom stereocenters. The Balaban J connectivity index is 2.99. The van der Waals surface area contributed by atoms with Crippen LogP contribution in [0.1, 0.15) is 12.5 Å². The highest BCUT2D eigenvalue weighted by molar-refractivity contribution is 6.01. The standard InChI is InChI=1S/C11H17N5/c1-3-16(11(14)15-10(12)13)9-6-4-5-8(2)7-9/h4-7H,3H2,1-2H3,(H5,12,13,14,15). The van der Waals surface area contributed by atoms with Gasteiger partial charge >= 0.3 is 0 Å². The number of nitrogens with two attached hydrogens (primary N) is 2. The summed E-state index contributed by atoms with van der Waals surface area (Å²) in [6.07, 6.45) is 0. The van der Waals surface area contributed by atoms with Crippen LogP contribution in [0.2, 0.25) is 0 Å². The summed E-state index contributed by atoms with van der Waals surface area (Å²) < 4.78 is 0. The summed E-state index contributed by atoms with van der Waals surface area (Å²) >= 11 is 0. The molecule has 16 heavy (non-hydrogen) atoms. The molecular weight excluding hydrogens is 202 g/mol. The summed E-state index contributed by atoms with van der Waals surface area (Å²) in [5, 5.41) is 7.76. The zero-order chi connectivity index (χ0) is 12.1. The van der Waals surface area contributed by atoms with E-state index in [4.69, 9.17) is 16.9 Å². The first kappa shape index (κ1) is 12.0. The molecule has 5 heteroatoms. The SMILES string of the molecule is CCN(C(=N)N=C(N)N)c1cccc(C)c1. The second kappa shape index (κ2) is 5.16. The Bertz CT molecular complexity index is 407. The van der Waals surface area contributed by atoms with E-state index in [-0.39, 0.29) is 11.9 Å². The number of aryl methyl sites for hydroxylation is 1. The molecule has 0 aromatic heterocycles. The van der Waals surface area contributed by atoms with Crippen LogP contribution in [0.4, 0.5) is 5.69 Å². The Morgan fingerprint density at radius 3 is 2.62 bits per heavy atom. The molecular formula is C11H17N5. The van der Waals surface area contributed by atoms with Crippen molar-refractivity contribution >= 4 is 17.6 Å². The van der Waals surface area contributed by atoms with Crippen molar-refractivity contribution in [3.8, 4) is 0 Å². The molecule has 0 radical (unpaired) electrons. The number of hydrogen-bond donors (Lipinski definition) is 3. The number of hydrogen-bond acceptors (Lipinski definition) is 1. The third-order valence-corrected chi connectivity index (χ3v) is 2.12. The maximum Gasteiger partial charge on any atom is 0.225 e. The summed E-state index contributed by atoms with van der Waals surface area (Å²) in [6, 6.07) is 7.85. The van der Waals surface area contributed by atoms with Crippen LogP contribution >= 0.6 is 0 Å². The lowest BCUT2D eigenvalue weighted by Crippen LogP contribution is -2.33. The van der Waals surface area contributed by atoms with Gasteiger partial charge in [0, 0.05) is 12.2 Å². The van der Waals surface area contributed by atoms with Gasteiger partial charge in [0.1, 0.15) is 0 Å². The lowest BCUT2D eigenvalue weighted by atomic mass is 10.2. The van der Waals surface area contributed by atoms with Gasteiger partial charge in [-0.2, -0.15) is 4.99 Å². The molecule has 1 rings (SSSR count). The van der Waals surface area contributed by atoms with Crippen LogP contribution in [0.5, 0.6) is 0 Å². The van der Waals surface area contributed by atoms with Gasteiger partial charge < -0.3 is 16.4 Å². The molecule has 86 valence electrons. The van der Waals surface area contributed by atoms with Gasteiger partial charge in [0.2, 0.25) is 5.96 Å². The molecule has 1 aromatic carbocycles. The lowest BCUT2D eigenvalue weighted by molar-refractivity contribution is 1.03. The topological polar surface area (TPSA) is 91.5 Å². The van der Waals surface area contributed by atoms with E-state index in [1.807, 2.05) is 38.1 Å². The van der Waals surface area contributed by atoms with Crippen molar-refractivity contribution in [2.24, 2.45) is 16.5 Å². The van der Waals surface area contributed by atoms with Gasteiger partial charge in [-0.05, 0) is 31.5 Å². The van der Waals surface area contributed by atoms with Gasteiger partial charge in [0.25, 0.3) is 0 Å². The van der Waals surface area contributed by atoms with E-state index >= 15 is 0 Å². The Kier molecular flexibility index (Phi) is 3.88. The van der Waals surface area contributed by atoms with Crippen molar-refractivity contribution in [2.75, 3.05) is 11.4 Å². The van der Waals surface area contributed by atoms with Gasteiger partial charge in [0.05, 0.1) is 0 Å². The van der Waals surface area contributed by atoms with Crippen LogP contribution in [0.25, 0.3) is 0 Å². The minimum Gasteiger partial charge on any atom is -0.370 e. The molecule has 0 heterocycles. The fraction of sp³-hybridized carbons (Fsp3) is 0.273. The van der Waals surface area contributed by atoms with E-state index in [1.54, 1.807) is 4.90 Å². The average molecular weight is 219 g/mol. The summed E-state index contributed by atoms with van der Waals surface area (Å²) in [6.45, 7) is 4.58. The first-order valence-electron chi connectivity index (χ1n) is 5.07. The van der Waals surface area contributed by atoms with Gasteiger partial charge in [-0.1, -0.05) is 12.1 Å². The van der Waals surface area contributed by atoms with Crippen molar-refractivity contribution in [1.82, 2.24) is 0 Å². The number of guanidine groups is 2. The Labute approximate surface area is 95.3 Å². The molecule has 0 aliphatic carbocycles.